The zero-order valence-corrected chi connectivity index (χ0v) is 20.4. The largest absolute Gasteiger partial charge is 0.301 e. The number of amides is 1. The fourth-order valence-electron chi connectivity index (χ4n) is 3.05. The predicted molar refractivity (Wildman–Crippen MR) is 126 cm³/mol. The molecule has 2 aromatic carbocycles. The number of benzene rings is 2. The second-order valence-corrected chi connectivity index (χ2v) is 11.0. The Labute approximate surface area is 194 Å². The number of nitrogens with zero attached hydrogens (tertiary/aromatic N) is 3. The van der Waals surface area contributed by atoms with Crippen molar-refractivity contribution >= 4 is 48.3 Å². The number of carbonyl (C=O) groups is 1. The highest BCUT2D eigenvalue weighted by Gasteiger charge is 2.26. The molecular formula is C21H23BrN4O3S2. The third-order valence-electron chi connectivity index (χ3n) is 4.72. The van der Waals surface area contributed by atoms with Crippen molar-refractivity contribution in [1.82, 2.24) is 14.5 Å². The number of likely N-dealkylation sites (N-methyl/N-ethyl adjacent to an activating group) is 1. The summed E-state index contributed by atoms with van der Waals surface area (Å²) in [6.45, 7) is 2.13. The highest BCUT2D eigenvalue weighted by molar-refractivity contribution is 9.10. The summed E-state index contributed by atoms with van der Waals surface area (Å²) in [4.78, 5) is 12.9. The Hall–Kier alpha value is -2.14. The van der Waals surface area contributed by atoms with Gasteiger partial charge in [0, 0.05) is 30.4 Å². The molecule has 0 fully saturated rings. The molecule has 0 saturated carbocycles. The molecule has 1 N–H and O–H groups in total. The maximum Gasteiger partial charge on any atom is 0.242 e. The summed E-state index contributed by atoms with van der Waals surface area (Å²) in [5, 5.41) is 12.1. The van der Waals surface area contributed by atoms with Gasteiger partial charge in [-0.2, -0.15) is 0 Å². The lowest BCUT2D eigenvalue weighted by molar-refractivity contribution is -0.116. The van der Waals surface area contributed by atoms with Gasteiger partial charge in [0.15, 0.2) is 0 Å². The van der Waals surface area contributed by atoms with Crippen LogP contribution in [0.1, 0.15) is 29.8 Å². The van der Waals surface area contributed by atoms with Gasteiger partial charge >= 0.3 is 0 Å². The first-order chi connectivity index (χ1) is 14.8. The summed E-state index contributed by atoms with van der Waals surface area (Å²) in [6.07, 6.45) is 0.865. The summed E-state index contributed by atoms with van der Waals surface area (Å²) < 4.78 is 28.1. The van der Waals surface area contributed by atoms with E-state index in [2.05, 4.69) is 31.4 Å². The Morgan fingerprint density at radius 2 is 1.81 bits per heavy atom. The van der Waals surface area contributed by atoms with Crippen LogP contribution in [0.2, 0.25) is 0 Å². The quantitative estimate of drug-likeness (QED) is 0.452. The number of hydrogen-bond acceptors (Lipinski definition) is 6. The SMILES string of the molecule is CCc1nnc(NC(=O)C[C@@H](CN(C)S(=O)(=O)c2ccc(Br)cc2)c2ccccc2)s1. The smallest absolute Gasteiger partial charge is 0.242 e. The van der Waals surface area contributed by atoms with Crippen molar-refractivity contribution in [2.75, 3.05) is 18.9 Å². The molecule has 0 aliphatic carbocycles. The fourth-order valence-corrected chi connectivity index (χ4v) is 5.23. The summed E-state index contributed by atoms with van der Waals surface area (Å²) in [6, 6.07) is 15.9. The van der Waals surface area contributed by atoms with E-state index in [4.69, 9.17) is 0 Å². The molecule has 1 amide bonds. The Morgan fingerprint density at radius 1 is 1.13 bits per heavy atom. The number of rotatable bonds is 9. The van der Waals surface area contributed by atoms with Crippen LogP contribution in [0.3, 0.4) is 0 Å². The zero-order valence-electron chi connectivity index (χ0n) is 17.2. The monoisotopic (exact) mass is 522 g/mol. The number of anilines is 1. The van der Waals surface area contributed by atoms with Gasteiger partial charge in [-0.3, -0.25) is 4.79 Å². The average molecular weight is 523 g/mol. The molecule has 0 bridgehead atoms. The van der Waals surface area contributed by atoms with Gasteiger partial charge in [-0.15, -0.1) is 10.2 Å². The van der Waals surface area contributed by atoms with E-state index in [-0.39, 0.29) is 29.7 Å². The van der Waals surface area contributed by atoms with Crippen molar-refractivity contribution in [3.8, 4) is 0 Å². The third kappa shape index (κ3) is 6.19. The van der Waals surface area contributed by atoms with Crippen LogP contribution in [-0.4, -0.2) is 42.4 Å². The molecule has 1 aromatic heterocycles. The van der Waals surface area contributed by atoms with Crippen molar-refractivity contribution in [3.63, 3.8) is 0 Å². The summed E-state index contributed by atoms with van der Waals surface area (Å²) in [5.41, 5.74) is 0.891. The Kier molecular flexibility index (Phi) is 7.93. The van der Waals surface area contributed by atoms with Gasteiger partial charge in [0.2, 0.25) is 21.1 Å². The molecule has 10 heteroatoms. The molecule has 0 spiro atoms. The molecule has 0 saturated heterocycles. The highest BCUT2D eigenvalue weighted by atomic mass is 79.9. The lowest BCUT2D eigenvalue weighted by atomic mass is 9.95. The second-order valence-electron chi connectivity index (χ2n) is 6.95. The van der Waals surface area contributed by atoms with Crippen LogP contribution in [0.15, 0.2) is 64.0 Å². The number of aryl methyl sites for hydroxylation is 1. The molecule has 1 heterocycles. The molecule has 0 aliphatic heterocycles. The van der Waals surface area contributed by atoms with Gasteiger partial charge in [-0.1, -0.05) is 64.5 Å². The van der Waals surface area contributed by atoms with Gasteiger partial charge < -0.3 is 5.32 Å². The van der Waals surface area contributed by atoms with Crippen LogP contribution in [0, 0.1) is 0 Å². The van der Waals surface area contributed by atoms with E-state index in [9.17, 15) is 13.2 Å². The molecule has 7 nitrogen and oxygen atoms in total. The molecule has 0 aliphatic rings. The van der Waals surface area contributed by atoms with Crippen LogP contribution >= 0.6 is 27.3 Å². The Bertz CT molecular complexity index is 1120. The Balaban J connectivity index is 1.77. The van der Waals surface area contributed by atoms with Crippen LogP contribution < -0.4 is 5.32 Å². The third-order valence-corrected chi connectivity index (χ3v) is 8.07. The van der Waals surface area contributed by atoms with E-state index in [0.29, 0.717) is 5.13 Å². The van der Waals surface area contributed by atoms with Gasteiger partial charge in [0.25, 0.3) is 0 Å². The molecule has 164 valence electrons. The van der Waals surface area contributed by atoms with Crippen LogP contribution in [0.25, 0.3) is 0 Å². The molecule has 1 atom stereocenters. The number of halogens is 1. The van der Waals surface area contributed by atoms with E-state index in [0.717, 1.165) is 21.5 Å². The van der Waals surface area contributed by atoms with E-state index in [1.165, 1.54) is 22.7 Å². The van der Waals surface area contributed by atoms with Crippen molar-refractivity contribution in [1.29, 1.82) is 0 Å². The van der Waals surface area contributed by atoms with E-state index in [1.54, 1.807) is 24.3 Å². The molecule has 0 unspecified atom stereocenters. The normalized spacial score (nSPS) is 12.6. The number of sulfonamides is 1. The maximum absolute atomic E-state index is 13.0. The van der Waals surface area contributed by atoms with E-state index in [1.807, 2.05) is 37.3 Å². The first-order valence-corrected chi connectivity index (χ1v) is 12.7. The van der Waals surface area contributed by atoms with Crippen LogP contribution in [-0.2, 0) is 21.2 Å². The first-order valence-electron chi connectivity index (χ1n) is 9.68. The molecule has 31 heavy (non-hydrogen) atoms. The number of aromatic nitrogens is 2. The van der Waals surface area contributed by atoms with E-state index < -0.39 is 10.0 Å². The zero-order chi connectivity index (χ0) is 22.4. The summed E-state index contributed by atoms with van der Waals surface area (Å²) in [5.74, 6) is -0.558. The number of carbonyl (C=O) groups excluding carboxylic acids is 1. The lowest BCUT2D eigenvalue weighted by Crippen LogP contribution is -2.32. The minimum absolute atomic E-state index is 0.116. The molecule has 3 rings (SSSR count). The topological polar surface area (TPSA) is 92.3 Å². The van der Waals surface area contributed by atoms with Crippen molar-refractivity contribution < 1.29 is 13.2 Å². The van der Waals surface area contributed by atoms with Gasteiger partial charge in [0.05, 0.1) is 4.90 Å². The van der Waals surface area contributed by atoms with E-state index >= 15 is 0 Å². The molecular weight excluding hydrogens is 500 g/mol. The Morgan fingerprint density at radius 3 is 2.42 bits per heavy atom. The second kappa shape index (κ2) is 10.4. The number of hydrogen-bond donors (Lipinski definition) is 1. The maximum atomic E-state index is 13.0. The highest BCUT2D eigenvalue weighted by Crippen LogP contribution is 2.25. The first kappa shape index (κ1) is 23.5. The lowest BCUT2D eigenvalue weighted by Gasteiger charge is -2.24. The van der Waals surface area contributed by atoms with Crippen molar-refractivity contribution in [2.24, 2.45) is 0 Å². The van der Waals surface area contributed by atoms with Crippen molar-refractivity contribution in [3.05, 3.63) is 69.6 Å². The minimum Gasteiger partial charge on any atom is -0.301 e. The molecule has 0 radical (unpaired) electrons. The standard InChI is InChI=1S/C21H23BrN4O3S2/c1-3-20-24-25-21(30-20)23-19(27)13-16(15-7-5-4-6-8-15)14-26(2)31(28,29)18-11-9-17(22)10-12-18/h4-12,16H,3,13-14H2,1-2H3,(H,23,25,27)/t16-/m0/s1. The fraction of sp³-hybridized carbons (Fsp3) is 0.286. The van der Waals surface area contributed by atoms with Crippen molar-refractivity contribution in [2.45, 2.75) is 30.6 Å². The minimum atomic E-state index is -3.69. The average Bonchev–Trinajstić information content (AvgIpc) is 3.21. The molecule has 3 aromatic rings. The summed E-state index contributed by atoms with van der Waals surface area (Å²) >= 11 is 4.66. The predicted octanol–water partition coefficient (Wildman–Crippen LogP) is 4.30. The summed E-state index contributed by atoms with van der Waals surface area (Å²) in [7, 11) is -2.16. The van der Waals surface area contributed by atoms with Crippen LogP contribution in [0.5, 0.6) is 0 Å². The van der Waals surface area contributed by atoms with Gasteiger partial charge in [-0.25, -0.2) is 12.7 Å². The van der Waals surface area contributed by atoms with Crippen LogP contribution in [0.4, 0.5) is 5.13 Å². The van der Waals surface area contributed by atoms with Gasteiger partial charge in [0.1, 0.15) is 5.01 Å². The van der Waals surface area contributed by atoms with Gasteiger partial charge in [-0.05, 0) is 36.2 Å². The number of nitrogens with one attached hydrogen (secondary N) is 1.